The molecule has 5 nitrogen and oxygen atoms in total. The highest BCUT2D eigenvalue weighted by atomic mass is 16.1. The number of rotatable bonds is 6. The quantitative estimate of drug-likeness (QED) is 0.153. The van der Waals surface area contributed by atoms with E-state index in [-0.39, 0.29) is 5.43 Å². The van der Waals surface area contributed by atoms with Gasteiger partial charge in [0, 0.05) is 65.8 Å². The van der Waals surface area contributed by atoms with Crippen molar-refractivity contribution in [3.05, 3.63) is 246 Å². The molecule has 0 atom stereocenters. The molecule has 0 saturated carbocycles. The third-order valence-corrected chi connectivity index (χ3v) is 14.5. The molecule has 13 aromatic rings. The number of aromatic nitrogens is 4. The van der Waals surface area contributed by atoms with E-state index in [4.69, 9.17) is 0 Å². The molecule has 5 heteroatoms. The molecule has 326 valence electrons. The molecule has 0 N–H and O–H groups in total. The summed E-state index contributed by atoms with van der Waals surface area (Å²) in [4.78, 5) is 14.3. The van der Waals surface area contributed by atoms with Gasteiger partial charge >= 0.3 is 0 Å². The van der Waals surface area contributed by atoms with Crippen LogP contribution in [0.3, 0.4) is 0 Å². The van der Waals surface area contributed by atoms with E-state index in [0.29, 0.717) is 10.8 Å². The van der Waals surface area contributed by atoms with Crippen molar-refractivity contribution in [2.75, 3.05) is 0 Å². The monoisotopic (exact) mass is 884 g/mol. The lowest BCUT2D eigenvalue weighted by Gasteiger charge is -2.17. The number of nitrogens with zero attached hydrogens (tertiary/aromatic N) is 4. The van der Waals surface area contributed by atoms with E-state index in [1.807, 2.05) is 30.3 Å². The first-order valence-corrected chi connectivity index (χ1v) is 23.9. The molecule has 0 aliphatic heterocycles. The molecule has 0 fully saturated rings. The highest BCUT2D eigenvalue weighted by Gasteiger charge is 2.29. The lowest BCUT2D eigenvalue weighted by atomic mass is 9.99. The molecule has 9 aromatic carbocycles. The average Bonchev–Trinajstić information content (AvgIpc) is 3.99. The van der Waals surface area contributed by atoms with Crippen LogP contribution in [0.4, 0.5) is 0 Å². The maximum atomic E-state index is 14.3. The van der Waals surface area contributed by atoms with Gasteiger partial charge in [0.15, 0.2) is 5.43 Å². The first-order chi connectivity index (χ1) is 34.2. The molecule has 0 spiro atoms. The summed E-state index contributed by atoms with van der Waals surface area (Å²) in [6.07, 6.45) is 8.92. The number of allylic oxidation sites excluding steroid dienone is 6. The Bertz CT molecular complexity index is 4430. The van der Waals surface area contributed by atoms with E-state index >= 15 is 0 Å². The predicted octanol–water partition coefficient (Wildman–Crippen LogP) is 16.1. The van der Waals surface area contributed by atoms with Crippen molar-refractivity contribution in [1.82, 2.24) is 18.3 Å². The van der Waals surface area contributed by atoms with Gasteiger partial charge in [-0.3, -0.25) is 4.79 Å². The fourth-order valence-electron chi connectivity index (χ4n) is 11.5. The zero-order chi connectivity index (χ0) is 45.7. The molecule has 1 aliphatic carbocycles. The van der Waals surface area contributed by atoms with Crippen LogP contribution >= 0.6 is 0 Å². The molecule has 4 aromatic heterocycles. The lowest BCUT2D eigenvalue weighted by molar-refractivity contribution is 1.03. The minimum atomic E-state index is 0.0449. The van der Waals surface area contributed by atoms with Crippen LogP contribution in [-0.4, -0.2) is 18.3 Å². The summed E-state index contributed by atoms with van der Waals surface area (Å²) >= 11 is 0. The van der Waals surface area contributed by atoms with Crippen molar-refractivity contribution in [2.24, 2.45) is 0 Å². The largest absolute Gasteiger partial charge is 0.309 e. The lowest BCUT2D eigenvalue weighted by Crippen LogP contribution is -2.10. The van der Waals surface area contributed by atoms with E-state index in [0.717, 1.165) is 68.8 Å². The SMILES string of the molecule is CCC1=CC(c2ccc3c(=O)c4ccccc4n(-c4ccccc4)c3c2)=CC(n2c3ccccc3c3c4c5ccccc5n(-c5ccccc5)c4c4c(c5ccccc5n4-c4ccccc4)c32)=CC1. The van der Waals surface area contributed by atoms with Gasteiger partial charge in [-0.25, -0.2) is 0 Å². The standard InChI is InChI=1S/C64H44N4O/c1-2-41-34-36-47(39-43(38-41)42-35-37-52-57(40-42)65(44-20-6-3-7-21-44)56-33-19-15-29-51(56)64(52)69)68-54-31-17-12-26-48(54)58-59-49-27-13-16-30-53(49)66(45-22-8-4-9-23-45)62(59)63-60(61(58)68)50-28-14-18-32-55(50)67(63)46-24-10-5-11-25-46/h3-33,35-40H,2,34H2,1H3. The summed E-state index contributed by atoms with van der Waals surface area (Å²) in [5, 5.41) is 8.71. The minimum absolute atomic E-state index is 0.0449. The van der Waals surface area contributed by atoms with Gasteiger partial charge in [0.2, 0.25) is 0 Å². The Balaban J connectivity index is 1.14. The van der Waals surface area contributed by atoms with Crippen LogP contribution in [0, 0.1) is 0 Å². The van der Waals surface area contributed by atoms with Gasteiger partial charge in [-0.1, -0.05) is 152 Å². The van der Waals surface area contributed by atoms with Gasteiger partial charge < -0.3 is 18.3 Å². The number of fused-ring (bicyclic) bond motifs is 14. The van der Waals surface area contributed by atoms with Crippen LogP contribution in [0.1, 0.15) is 25.3 Å². The van der Waals surface area contributed by atoms with Crippen LogP contribution < -0.4 is 5.43 Å². The van der Waals surface area contributed by atoms with E-state index in [2.05, 4.69) is 219 Å². The second-order valence-electron chi connectivity index (χ2n) is 18.2. The Morgan fingerprint density at radius 2 is 0.826 bits per heavy atom. The normalized spacial score (nSPS) is 13.3. The molecule has 1 aliphatic rings. The minimum Gasteiger partial charge on any atom is -0.309 e. The first-order valence-electron chi connectivity index (χ1n) is 23.9. The van der Waals surface area contributed by atoms with E-state index < -0.39 is 0 Å². The van der Waals surface area contributed by atoms with E-state index in [1.165, 1.54) is 60.0 Å². The molecule has 0 bridgehead atoms. The zero-order valence-corrected chi connectivity index (χ0v) is 38.0. The Hall–Kier alpha value is -8.93. The highest BCUT2D eigenvalue weighted by Crippen LogP contribution is 2.50. The maximum absolute atomic E-state index is 14.3. The Morgan fingerprint density at radius 1 is 0.391 bits per heavy atom. The number of hydrogen-bond donors (Lipinski definition) is 0. The summed E-state index contributed by atoms with van der Waals surface area (Å²) in [7, 11) is 0. The molecule has 0 saturated heterocycles. The topological polar surface area (TPSA) is 36.8 Å². The fraction of sp³-hybridized carbons (Fsp3) is 0.0469. The highest BCUT2D eigenvalue weighted by molar-refractivity contribution is 6.41. The molecule has 69 heavy (non-hydrogen) atoms. The van der Waals surface area contributed by atoms with Gasteiger partial charge in [0.25, 0.3) is 0 Å². The second kappa shape index (κ2) is 15.3. The summed E-state index contributed by atoms with van der Waals surface area (Å²) in [6.45, 7) is 2.25. The van der Waals surface area contributed by atoms with Crippen LogP contribution in [0.15, 0.2) is 235 Å². The Morgan fingerprint density at radius 3 is 1.39 bits per heavy atom. The molecular weight excluding hydrogens is 841 g/mol. The smallest absolute Gasteiger partial charge is 0.197 e. The first kappa shape index (κ1) is 39.3. The van der Waals surface area contributed by atoms with Crippen molar-refractivity contribution < 1.29 is 0 Å². The van der Waals surface area contributed by atoms with E-state index in [1.54, 1.807) is 0 Å². The van der Waals surface area contributed by atoms with E-state index in [9.17, 15) is 4.79 Å². The molecular formula is C64H44N4O. The molecule has 14 rings (SSSR count). The fourth-order valence-corrected chi connectivity index (χ4v) is 11.5. The Labute approximate surface area is 397 Å². The average molecular weight is 885 g/mol. The third-order valence-electron chi connectivity index (χ3n) is 14.5. The van der Waals surface area contributed by atoms with Crippen molar-refractivity contribution >= 4 is 98.5 Å². The van der Waals surface area contributed by atoms with Crippen molar-refractivity contribution in [3.63, 3.8) is 0 Å². The molecule has 0 unspecified atom stereocenters. The van der Waals surface area contributed by atoms with Crippen LogP contribution in [0.5, 0.6) is 0 Å². The van der Waals surface area contributed by atoms with Crippen LogP contribution in [0.2, 0.25) is 0 Å². The van der Waals surface area contributed by atoms with Gasteiger partial charge in [0.05, 0.1) is 44.1 Å². The molecule has 4 heterocycles. The van der Waals surface area contributed by atoms with Crippen molar-refractivity contribution in [3.8, 4) is 17.1 Å². The summed E-state index contributed by atoms with van der Waals surface area (Å²) in [5.74, 6) is 0. The van der Waals surface area contributed by atoms with Gasteiger partial charge in [0.1, 0.15) is 0 Å². The van der Waals surface area contributed by atoms with Gasteiger partial charge in [-0.05, 0) is 109 Å². The summed E-state index contributed by atoms with van der Waals surface area (Å²) in [6, 6.07) is 73.4. The number of pyridine rings is 1. The van der Waals surface area contributed by atoms with Crippen LogP contribution in [-0.2, 0) is 0 Å². The van der Waals surface area contributed by atoms with Crippen molar-refractivity contribution in [2.45, 2.75) is 19.8 Å². The summed E-state index contributed by atoms with van der Waals surface area (Å²) in [5.41, 5.74) is 16.7. The third kappa shape index (κ3) is 5.74. The second-order valence-corrected chi connectivity index (χ2v) is 18.2. The van der Waals surface area contributed by atoms with Crippen LogP contribution in [0.25, 0.3) is 116 Å². The Kier molecular flexibility index (Phi) is 8.71. The van der Waals surface area contributed by atoms with Gasteiger partial charge in [-0.15, -0.1) is 0 Å². The number of benzene rings is 9. The molecule has 0 amide bonds. The summed E-state index contributed by atoms with van der Waals surface area (Å²) < 4.78 is 9.80. The maximum Gasteiger partial charge on any atom is 0.197 e. The van der Waals surface area contributed by atoms with Gasteiger partial charge in [-0.2, -0.15) is 0 Å². The number of para-hydroxylation sites is 7. The van der Waals surface area contributed by atoms with Crippen molar-refractivity contribution in [1.29, 1.82) is 0 Å². The predicted molar refractivity (Wildman–Crippen MR) is 290 cm³/mol. The molecule has 0 radical (unpaired) electrons. The number of hydrogen-bond acceptors (Lipinski definition) is 1. The zero-order valence-electron chi connectivity index (χ0n) is 38.0.